The van der Waals surface area contributed by atoms with E-state index in [2.05, 4.69) is 9.97 Å². The summed E-state index contributed by atoms with van der Waals surface area (Å²) in [4.78, 5) is 42.1. The molecular weight excluding hydrogens is 440 g/mol. The fourth-order valence-corrected chi connectivity index (χ4v) is 4.58. The largest absolute Gasteiger partial charge is 0.444 e. The minimum Gasteiger partial charge on any atom is -0.444 e. The Kier molecular flexibility index (Phi) is 6.96. The summed E-state index contributed by atoms with van der Waals surface area (Å²) in [5.41, 5.74) is 3.38. The summed E-state index contributed by atoms with van der Waals surface area (Å²) < 4.78 is 5.84. The van der Waals surface area contributed by atoms with Gasteiger partial charge >= 0.3 is 6.09 Å². The van der Waals surface area contributed by atoms with Gasteiger partial charge in [-0.2, -0.15) is 0 Å². The minimum absolute atomic E-state index is 0.235. The third kappa shape index (κ3) is 5.39. The highest BCUT2D eigenvalue weighted by Crippen LogP contribution is 2.42. The molecule has 4 rings (SSSR count). The lowest BCUT2D eigenvalue weighted by Crippen LogP contribution is -2.44. The molecule has 2 atom stereocenters. The van der Waals surface area contributed by atoms with Crippen LogP contribution < -0.4 is 0 Å². The number of rotatable bonds is 4. The van der Waals surface area contributed by atoms with Crippen LogP contribution in [0.2, 0.25) is 0 Å². The molecule has 182 valence electrons. The van der Waals surface area contributed by atoms with E-state index in [1.807, 2.05) is 65.0 Å². The second-order valence-electron chi connectivity index (χ2n) is 10.0. The van der Waals surface area contributed by atoms with E-state index in [1.54, 1.807) is 29.4 Å². The maximum Gasteiger partial charge on any atom is 0.411 e. The van der Waals surface area contributed by atoms with Crippen LogP contribution in [0.25, 0.3) is 0 Å². The van der Waals surface area contributed by atoms with Crippen molar-refractivity contribution in [1.82, 2.24) is 19.9 Å². The molecule has 0 saturated carbocycles. The van der Waals surface area contributed by atoms with Crippen molar-refractivity contribution in [3.8, 4) is 0 Å². The lowest BCUT2D eigenvalue weighted by atomic mass is 9.90. The van der Waals surface area contributed by atoms with Crippen molar-refractivity contribution in [3.05, 3.63) is 88.8 Å². The number of hydrogen-bond donors (Lipinski definition) is 0. The second-order valence-corrected chi connectivity index (χ2v) is 10.0. The summed E-state index contributed by atoms with van der Waals surface area (Å²) in [6, 6.07) is 12.4. The number of nitrogens with zero attached hydrogens (tertiary/aromatic N) is 4. The maximum atomic E-state index is 13.5. The van der Waals surface area contributed by atoms with Gasteiger partial charge in [-0.05, 0) is 89.3 Å². The standard InChI is InChI=1S/C28H32N4O3/c1-18-10-8-16-29-24(18)23-15-7-14-22(32(23)27(34)35-28(3,4)5)20-12-6-13-21(31-20)26(33)25-19(2)11-9-17-30-25/h6,8-13,16-17,22-23H,7,14-15H2,1-5H3. The van der Waals surface area contributed by atoms with Crippen molar-refractivity contribution in [2.75, 3.05) is 0 Å². The molecule has 3 aromatic rings. The maximum absolute atomic E-state index is 13.5. The molecule has 0 radical (unpaired) electrons. The van der Waals surface area contributed by atoms with Gasteiger partial charge < -0.3 is 4.74 Å². The fourth-order valence-electron chi connectivity index (χ4n) is 4.58. The van der Waals surface area contributed by atoms with E-state index in [-0.39, 0.29) is 17.9 Å². The monoisotopic (exact) mass is 472 g/mol. The zero-order chi connectivity index (χ0) is 25.2. The Balaban J connectivity index is 1.75. The van der Waals surface area contributed by atoms with Crippen LogP contribution in [0.15, 0.2) is 54.9 Å². The Morgan fingerprint density at radius 1 is 0.914 bits per heavy atom. The van der Waals surface area contributed by atoms with Crippen LogP contribution in [0.1, 0.15) is 90.8 Å². The first-order valence-electron chi connectivity index (χ1n) is 12.0. The summed E-state index contributed by atoms with van der Waals surface area (Å²) in [6.07, 6.45) is 5.34. The number of amides is 1. The number of piperidine rings is 1. The van der Waals surface area contributed by atoms with Gasteiger partial charge in [-0.3, -0.25) is 19.7 Å². The smallest absolute Gasteiger partial charge is 0.411 e. The van der Waals surface area contributed by atoms with Gasteiger partial charge in [-0.15, -0.1) is 0 Å². The van der Waals surface area contributed by atoms with Crippen molar-refractivity contribution < 1.29 is 14.3 Å². The normalized spacial score (nSPS) is 18.3. The van der Waals surface area contributed by atoms with E-state index in [9.17, 15) is 9.59 Å². The molecule has 1 amide bonds. The first-order valence-corrected chi connectivity index (χ1v) is 12.0. The lowest BCUT2D eigenvalue weighted by molar-refractivity contribution is -0.00803. The van der Waals surface area contributed by atoms with Gasteiger partial charge in [0.2, 0.25) is 5.78 Å². The summed E-state index contributed by atoms with van der Waals surface area (Å²) >= 11 is 0. The Hall–Kier alpha value is -3.61. The summed E-state index contributed by atoms with van der Waals surface area (Å²) in [6.45, 7) is 9.44. The number of carbonyl (C=O) groups excluding carboxylic acids is 2. The van der Waals surface area contributed by atoms with Gasteiger partial charge in [0.15, 0.2) is 0 Å². The van der Waals surface area contributed by atoms with Crippen molar-refractivity contribution in [1.29, 1.82) is 0 Å². The van der Waals surface area contributed by atoms with Crippen LogP contribution in [-0.2, 0) is 4.74 Å². The number of aromatic nitrogens is 3. The summed E-state index contributed by atoms with van der Waals surface area (Å²) in [7, 11) is 0. The molecule has 0 bridgehead atoms. The number of carbonyl (C=O) groups is 2. The van der Waals surface area contributed by atoms with Gasteiger partial charge in [-0.1, -0.05) is 18.2 Å². The minimum atomic E-state index is -0.648. The third-order valence-corrected chi connectivity index (χ3v) is 6.17. The molecule has 4 heterocycles. The van der Waals surface area contributed by atoms with Crippen LogP contribution in [0, 0.1) is 13.8 Å². The van der Waals surface area contributed by atoms with Gasteiger partial charge in [-0.25, -0.2) is 9.78 Å². The number of aryl methyl sites for hydroxylation is 2. The highest BCUT2D eigenvalue weighted by atomic mass is 16.6. The van der Waals surface area contributed by atoms with Crippen LogP contribution in [0.5, 0.6) is 0 Å². The molecule has 1 aliphatic rings. The zero-order valence-corrected chi connectivity index (χ0v) is 21.0. The van der Waals surface area contributed by atoms with Crippen molar-refractivity contribution in [3.63, 3.8) is 0 Å². The number of likely N-dealkylation sites (tertiary alicyclic amines) is 1. The van der Waals surface area contributed by atoms with Crippen LogP contribution in [-0.4, -0.2) is 37.3 Å². The quantitative estimate of drug-likeness (QED) is 0.438. The second kappa shape index (κ2) is 9.94. The van der Waals surface area contributed by atoms with Crippen LogP contribution in [0.3, 0.4) is 0 Å². The molecule has 0 aliphatic carbocycles. The number of pyridine rings is 3. The molecule has 0 spiro atoms. The lowest BCUT2D eigenvalue weighted by Gasteiger charge is -2.42. The van der Waals surface area contributed by atoms with Crippen molar-refractivity contribution in [2.45, 2.75) is 71.6 Å². The topological polar surface area (TPSA) is 85.3 Å². The van der Waals surface area contributed by atoms with Gasteiger partial charge in [0.05, 0.1) is 23.5 Å². The molecule has 0 aromatic carbocycles. The van der Waals surface area contributed by atoms with Crippen molar-refractivity contribution in [2.24, 2.45) is 0 Å². The van der Waals surface area contributed by atoms with E-state index < -0.39 is 11.7 Å². The molecule has 2 unspecified atom stereocenters. The van der Waals surface area contributed by atoms with E-state index in [1.165, 1.54) is 0 Å². The van der Waals surface area contributed by atoms with Gasteiger partial charge in [0.25, 0.3) is 0 Å². The SMILES string of the molecule is Cc1cccnc1C(=O)c1cccc(C2CCCC(c3ncccc3C)N2C(=O)OC(C)(C)C)n1. The van der Waals surface area contributed by atoms with Crippen LogP contribution in [0.4, 0.5) is 4.79 Å². The van der Waals surface area contributed by atoms with Gasteiger partial charge in [0.1, 0.15) is 17.0 Å². The molecule has 7 heteroatoms. The summed E-state index contributed by atoms with van der Waals surface area (Å²) in [5.74, 6) is -0.235. The average Bonchev–Trinajstić information content (AvgIpc) is 2.83. The highest BCUT2D eigenvalue weighted by molar-refractivity contribution is 6.07. The van der Waals surface area contributed by atoms with E-state index in [4.69, 9.17) is 9.72 Å². The molecule has 0 N–H and O–H groups in total. The summed E-state index contributed by atoms with van der Waals surface area (Å²) in [5, 5.41) is 0. The van der Waals surface area contributed by atoms with Crippen LogP contribution >= 0.6 is 0 Å². The predicted octanol–water partition coefficient (Wildman–Crippen LogP) is 5.92. The molecule has 1 saturated heterocycles. The molecule has 3 aromatic heterocycles. The molecular formula is C28H32N4O3. The van der Waals surface area contributed by atoms with E-state index in [0.717, 1.165) is 36.1 Å². The highest BCUT2D eigenvalue weighted by Gasteiger charge is 2.40. The molecule has 7 nitrogen and oxygen atoms in total. The number of ether oxygens (including phenoxy) is 1. The molecule has 1 fully saturated rings. The Bertz CT molecular complexity index is 1230. The number of hydrogen-bond acceptors (Lipinski definition) is 6. The zero-order valence-electron chi connectivity index (χ0n) is 21.0. The van der Waals surface area contributed by atoms with Crippen molar-refractivity contribution >= 4 is 11.9 Å². The van der Waals surface area contributed by atoms with E-state index >= 15 is 0 Å². The Labute approximate surface area is 206 Å². The third-order valence-electron chi connectivity index (χ3n) is 6.17. The average molecular weight is 473 g/mol. The Morgan fingerprint density at radius 3 is 2.29 bits per heavy atom. The van der Waals surface area contributed by atoms with E-state index in [0.29, 0.717) is 17.1 Å². The van der Waals surface area contributed by atoms with Gasteiger partial charge in [0, 0.05) is 12.4 Å². The molecule has 35 heavy (non-hydrogen) atoms. The molecule has 1 aliphatic heterocycles. The number of ketones is 1. The Morgan fingerprint density at radius 2 is 1.60 bits per heavy atom. The fraction of sp³-hybridized carbons (Fsp3) is 0.393. The predicted molar refractivity (Wildman–Crippen MR) is 133 cm³/mol. The first kappa shape index (κ1) is 24.5. The first-order chi connectivity index (χ1) is 16.7.